The van der Waals surface area contributed by atoms with Gasteiger partial charge in [0.15, 0.2) is 0 Å². The van der Waals surface area contributed by atoms with Gasteiger partial charge in [0.05, 0.1) is 6.10 Å². The van der Waals surface area contributed by atoms with Gasteiger partial charge < -0.3 is 10.5 Å². The van der Waals surface area contributed by atoms with E-state index in [-0.39, 0.29) is 12.0 Å². The van der Waals surface area contributed by atoms with Crippen molar-refractivity contribution in [1.29, 1.82) is 0 Å². The van der Waals surface area contributed by atoms with Gasteiger partial charge in [0.25, 0.3) is 10.2 Å². The average Bonchev–Trinajstić information content (AvgIpc) is 2.90. The zero-order chi connectivity index (χ0) is 13.0. The minimum Gasteiger partial charge on any atom is -0.377 e. The van der Waals surface area contributed by atoms with Gasteiger partial charge in [0.2, 0.25) is 0 Å². The van der Waals surface area contributed by atoms with Gasteiger partial charge in [-0.15, -0.1) is 0 Å². The number of hydrogen-bond acceptors (Lipinski definition) is 4. The minimum atomic E-state index is -3.37. The number of nitrogens with one attached hydrogen (secondary N) is 1. The highest BCUT2D eigenvalue weighted by Crippen LogP contribution is 2.18. The summed E-state index contributed by atoms with van der Waals surface area (Å²) in [6.45, 7) is 2.81. The summed E-state index contributed by atoms with van der Waals surface area (Å²) in [6.07, 6.45) is 3.91. The quantitative estimate of drug-likeness (QED) is 0.721. The smallest absolute Gasteiger partial charge is 0.279 e. The fourth-order valence-corrected chi connectivity index (χ4v) is 3.89. The molecule has 0 bridgehead atoms. The van der Waals surface area contributed by atoms with E-state index in [0.717, 1.165) is 32.3 Å². The molecule has 0 aromatic heterocycles. The number of rotatable bonds is 5. The minimum absolute atomic E-state index is 0.0369. The fourth-order valence-electron chi connectivity index (χ4n) is 2.53. The molecule has 7 heteroatoms. The summed E-state index contributed by atoms with van der Waals surface area (Å²) < 4.78 is 33.8. The Balaban J connectivity index is 1.84. The van der Waals surface area contributed by atoms with Crippen LogP contribution in [0.4, 0.5) is 0 Å². The van der Waals surface area contributed by atoms with Gasteiger partial charge in [-0.2, -0.15) is 17.4 Å². The predicted octanol–water partition coefficient (Wildman–Crippen LogP) is -0.329. The molecule has 0 saturated carbocycles. The summed E-state index contributed by atoms with van der Waals surface area (Å²) >= 11 is 0. The van der Waals surface area contributed by atoms with Crippen LogP contribution in [-0.2, 0) is 14.9 Å². The van der Waals surface area contributed by atoms with E-state index in [1.165, 1.54) is 4.31 Å². The van der Waals surface area contributed by atoms with Crippen molar-refractivity contribution in [2.75, 3.05) is 32.8 Å². The van der Waals surface area contributed by atoms with Crippen LogP contribution in [0.2, 0.25) is 0 Å². The van der Waals surface area contributed by atoms with Crippen LogP contribution in [-0.4, -0.2) is 51.6 Å². The molecule has 106 valence electrons. The monoisotopic (exact) mass is 277 g/mol. The molecule has 2 heterocycles. The SMILES string of the molecule is NCC1CCCN(S(=O)(=O)NCC2CCCO2)C1. The summed E-state index contributed by atoms with van der Waals surface area (Å²) in [5.74, 6) is 0.290. The Morgan fingerprint density at radius 1 is 1.33 bits per heavy atom. The molecule has 6 nitrogen and oxygen atoms in total. The van der Waals surface area contributed by atoms with E-state index in [9.17, 15) is 8.42 Å². The highest BCUT2D eigenvalue weighted by atomic mass is 32.2. The van der Waals surface area contributed by atoms with Gasteiger partial charge in [-0.1, -0.05) is 0 Å². The summed E-state index contributed by atoms with van der Waals surface area (Å²) in [6, 6.07) is 0. The Bertz CT molecular complexity index is 355. The molecule has 2 unspecified atom stereocenters. The third kappa shape index (κ3) is 3.64. The van der Waals surface area contributed by atoms with Crippen LogP contribution in [0.1, 0.15) is 25.7 Å². The van der Waals surface area contributed by atoms with E-state index in [2.05, 4.69) is 4.72 Å². The van der Waals surface area contributed by atoms with Gasteiger partial charge in [0, 0.05) is 26.2 Å². The molecular formula is C11H23N3O3S. The zero-order valence-electron chi connectivity index (χ0n) is 10.7. The highest BCUT2D eigenvalue weighted by molar-refractivity contribution is 7.87. The first-order valence-corrected chi connectivity index (χ1v) is 8.12. The third-order valence-corrected chi connectivity index (χ3v) is 5.22. The molecular weight excluding hydrogens is 254 g/mol. The van der Waals surface area contributed by atoms with Gasteiger partial charge in [-0.25, -0.2) is 0 Å². The van der Waals surface area contributed by atoms with Crippen molar-refractivity contribution in [3.05, 3.63) is 0 Å². The van der Waals surface area contributed by atoms with Gasteiger partial charge in [0.1, 0.15) is 0 Å². The second-order valence-electron chi connectivity index (χ2n) is 5.09. The number of ether oxygens (including phenoxy) is 1. The maximum absolute atomic E-state index is 12.1. The molecule has 0 aromatic carbocycles. The van der Waals surface area contributed by atoms with Crippen molar-refractivity contribution in [3.63, 3.8) is 0 Å². The molecule has 2 rings (SSSR count). The van der Waals surface area contributed by atoms with Crippen molar-refractivity contribution in [3.8, 4) is 0 Å². The van der Waals surface area contributed by atoms with E-state index in [1.807, 2.05) is 0 Å². The second kappa shape index (κ2) is 6.29. The van der Waals surface area contributed by atoms with E-state index < -0.39 is 10.2 Å². The van der Waals surface area contributed by atoms with E-state index in [4.69, 9.17) is 10.5 Å². The highest BCUT2D eigenvalue weighted by Gasteiger charge is 2.29. The summed E-state index contributed by atoms with van der Waals surface area (Å²) in [7, 11) is -3.37. The molecule has 2 aliphatic rings. The standard InChI is InChI=1S/C11H23N3O3S/c12-7-10-3-1-5-14(9-10)18(15,16)13-8-11-4-2-6-17-11/h10-11,13H,1-9,12H2. The van der Waals surface area contributed by atoms with Gasteiger partial charge >= 0.3 is 0 Å². The summed E-state index contributed by atoms with van der Waals surface area (Å²) in [4.78, 5) is 0. The molecule has 2 saturated heterocycles. The molecule has 2 aliphatic heterocycles. The Morgan fingerprint density at radius 3 is 2.83 bits per heavy atom. The number of piperidine rings is 1. The first-order valence-electron chi connectivity index (χ1n) is 6.68. The Morgan fingerprint density at radius 2 is 2.17 bits per heavy atom. The topological polar surface area (TPSA) is 84.7 Å². The van der Waals surface area contributed by atoms with Crippen LogP contribution < -0.4 is 10.5 Å². The zero-order valence-corrected chi connectivity index (χ0v) is 11.5. The maximum atomic E-state index is 12.1. The Hall–Kier alpha value is -0.210. The lowest BCUT2D eigenvalue weighted by Crippen LogP contribution is -2.48. The lowest BCUT2D eigenvalue weighted by molar-refractivity contribution is 0.114. The van der Waals surface area contributed by atoms with E-state index in [0.29, 0.717) is 26.2 Å². The van der Waals surface area contributed by atoms with Crippen LogP contribution in [0.25, 0.3) is 0 Å². The molecule has 0 aliphatic carbocycles. The van der Waals surface area contributed by atoms with E-state index in [1.54, 1.807) is 0 Å². The Labute approximate surface area is 109 Å². The third-order valence-electron chi connectivity index (χ3n) is 3.67. The van der Waals surface area contributed by atoms with Crippen LogP contribution in [0.3, 0.4) is 0 Å². The largest absolute Gasteiger partial charge is 0.377 e. The molecule has 0 spiro atoms. The molecule has 0 amide bonds. The van der Waals surface area contributed by atoms with Crippen molar-refractivity contribution in [2.24, 2.45) is 11.7 Å². The summed E-state index contributed by atoms with van der Waals surface area (Å²) in [5, 5.41) is 0. The second-order valence-corrected chi connectivity index (χ2v) is 6.85. The number of hydrogen-bond donors (Lipinski definition) is 2. The maximum Gasteiger partial charge on any atom is 0.279 e. The predicted molar refractivity (Wildman–Crippen MR) is 69.2 cm³/mol. The summed E-state index contributed by atoms with van der Waals surface area (Å²) in [5.41, 5.74) is 5.62. The first-order chi connectivity index (χ1) is 8.62. The molecule has 3 N–H and O–H groups in total. The molecule has 0 radical (unpaired) electrons. The van der Waals surface area contributed by atoms with Crippen molar-refractivity contribution in [1.82, 2.24) is 9.03 Å². The average molecular weight is 277 g/mol. The fraction of sp³-hybridized carbons (Fsp3) is 1.00. The molecule has 0 aromatic rings. The van der Waals surface area contributed by atoms with Gasteiger partial charge in [-0.05, 0) is 38.1 Å². The lowest BCUT2D eigenvalue weighted by atomic mass is 10.0. The number of nitrogens with two attached hydrogens (primary N) is 1. The van der Waals surface area contributed by atoms with Crippen LogP contribution >= 0.6 is 0 Å². The normalized spacial score (nSPS) is 30.7. The van der Waals surface area contributed by atoms with Crippen molar-refractivity contribution < 1.29 is 13.2 Å². The molecule has 2 fully saturated rings. The number of nitrogens with zero attached hydrogens (tertiary/aromatic N) is 1. The molecule has 18 heavy (non-hydrogen) atoms. The van der Waals surface area contributed by atoms with Crippen molar-refractivity contribution in [2.45, 2.75) is 31.8 Å². The Kier molecular flexibility index (Phi) is 4.97. The van der Waals surface area contributed by atoms with Crippen molar-refractivity contribution >= 4 is 10.2 Å². The van der Waals surface area contributed by atoms with Gasteiger partial charge in [-0.3, -0.25) is 0 Å². The van der Waals surface area contributed by atoms with Crippen LogP contribution in [0, 0.1) is 5.92 Å². The lowest BCUT2D eigenvalue weighted by Gasteiger charge is -2.31. The van der Waals surface area contributed by atoms with Crippen LogP contribution in [0.15, 0.2) is 0 Å². The van der Waals surface area contributed by atoms with Crippen LogP contribution in [0.5, 0.6) is 0 Å². The first kappa shape index (κ1) is 14.2. The van der Waals surface area contributed by atoms with E-state index >= 15 is 0 Å². The molecule has 2 atom stereocenters.